The molecular formula is C17H21BrN2O. The Balaban J connectivity index is 1.67. The number of hydrogen-bond acceptors (Lipinski definition) is 2. The molecule has 1 aromatic carbocycles. The van der Waals surface area contributed by atoms with Gasteiger partial charge in [-0.15, -0.1) is 0 Å². The summed E-state index contributed by atoms with van der Waals surface area (Å²) in [4.78, 5) is 17.6. The molecule has 3 nitrogen and oxygen atoms in total. The Morgan fingerprint density at radius 2 is 1.95 bits per heavy atom. The van der Waals surface area contributed by atoms with Crippen molar-refractivity contribution in [3.8, 4) is 0 Å². The number of halogens is 1. The molecule has 0 atom stereocenters. The first-order valence-electron chi connectivity index (χ1n) is 7.89. The van der Waals surface area contributed by atoms with Gasteiger partial charge < -0.3 is 9.80 Å². The van der Waals surface area contributed by atoms with Crippen molar-refractivity contribution < 1.29 is 4.79 Å². The number of benzene rings is 1. The lowest BCUT2D eigenvalue weighted by Gasteiger charge is -2.42. The molecule has 0 N–H and O–H groups in total. The lowest BCUT2D eigenvalue weighted by molar-refractivity contribution is -0.139. The van der Waals surface area contributed by atoms with Crippen LogP contribution in [0, 0.1) is 0 Å². The summed E-state index contributed by atoms with van der Waals surface area (Å²) in [7, 11) is 2.17. The van der Waals surface area contributed by atoms with Crippen LogP contribution in [-0.2, 0) is 16.8 Å². The van der Waals surface area contributed by atoms with E-state index in [1.807, 2.05) is 0 Å². The second-order valence-corrected chi connectivity index (χ2v) is 7.77. The highest BCUT2D eigenvalue weighted by atomic mass is 79.9. The largest absolute Gasteiger partial charge is 0.335 e. The molecule has 2 fully saturated rings. The third kappa shape index (κ3) is 2.15. The minimum atomic E-state index is -0.169. The summed E-state index contributed by atoms with van der Waals surface area (Å²) in [6.07, 6.45) is 4.29. The van der Waals surface area contributed by atoms with Gasteiger partial charge in [0, 0.05) is 17.1 Å². The molecule has 112 valence electrons. The van der Waals surface area contributed by atoms with Gasteiger partial charge in [-0.3, -0.25) is 4.79 Å². The van der Waals surface area contributed by atoms with Crippen molar-refractivity contribution in [2.45, 2.75) is 43.7 Å². The Morgan fingerprint density at radius 1 is 1.24 bits per heavy atom. The van der Waals surface area contributed by atoms with Crippen LogP contribution in [0.5, 0.6) is 0 Å². The number of carbonyl (C=O) groups excluding carboxylic acids is 1. The zero-order chi connectivity index (χ0) is 14.6. The van der Waals surface area contributed by atoms with Crippen molar-refractivity contribution in [2.75, 3.05) is 20.1 Å². The number of nitrogens with zero attached hydrogens (tertiary/aromatic N) is 2. The Labute approximate surface area is 134 Å². The number of fused-ring (bicyclic) bond motifs is 2. The molecule has 4 rings (SSSR count). The molecule has 0 aromatic heterocycles. The van der Waals surface area contributed by atoms with Crippen molar-refractivity contribution in [1.29, 1.82) is 0 Å². The maximum Gasteiger partial charge on any atom is 0.233 e. The van der Waals surface area contributed by atoms with Crippen LogP contribution in [0.3, 0.4) is 0 Å². The van der Waals surface area contributed by atoms with Gasteiger partial charge in [0.05, 0.1) is 5.41 Å². The van der Waals surface area contributed by atoms with Gasteiger partial charge in [-0.25, -0.2) is 0 Å². The lowest BCUT2D eigenvalue weighted by atomic mass is 9.84. The van der Waals surface area contributed by atoms with Gasteiger partial charge in [0.1, 0.15) is 0 Å². The monoisotopic (exact) mass is 348 g/mol. The van der Waals surface area contributed by atoms with E-state index in [4.69, 9.17) is 0 Å². The van der Waals surface area contributed by atoms with Crippen LogP contribution in [0.25, 0.3) is 0 Å². The van der Waals surface area contributed by atoms with E-state index < -0.39 is 0 Å². The van der Waals surface area contributed by atoms with Gasteiger partial charge in [-0.1, -0.05) is 22.0 Å². The van der Waals surface area contributed by atoms with E-state index in [9.17, 15) is 4.79 Å². The highest BCUT2D eigenvalue weighted by Crippen LogP contribution is 2.54. The van der Waals surface area contributed by atoms with E-state index in [2.05, 4.69) is 51.0 Å². The van der Waals surface area contributed by atoms with Crippen LogP contribution in [0.2, 0.25) is 0 Å². The molecule has 1 aromatic rings. The second-order valence-electron chi connectivity index (χ2n) is 6.85. The molecule has 4 heteroatoms. The summed E-state index contributed by atoms with van der Waals surface area (Å²) >= 11 is 3.58. The molecule has 0 radical (unpaired) electrons. The summed E-state index contributed by atoms with van der Waals surface area (Å²) in [5.41, 5.74) is 2.47. The molecule has 21 heavy (non-hydrogen) atoms. The molecule has 1 saturated heterocycles. The quantitative estimate of drug-likeness (QED) is 0.778. The SMILES string of the molecule is CN1CCC(N2Cc3cc(Br)ccc3C3(CC3)C2=O)CC1. The number of likely N-dealkylation sites (tertiary alicyclic amines) is 1. The Morgan fingerprint density at radius 3 is 2.62 bits per heavy atom. The third-order valence-electron chi connectivity index (χ3n) is 5.47. The fourth-order valence-corrected chi connectivity index (χ4v) is 4.42. The standard InChI is InChI=1S/C17H21BrN2O/c1-19-8-4-14(5-9-19)20-11-12-10-13(18)2-3-15(12)17(6-7-17)16(20)21/h2-3,10,14H,4-9,11H2,1H3. The number of piperidine rings is 1. The van der Waals surface area contributed by atoms with Crippen molar-refractivity contribution in [3.63, 3.8) is 0 Å². The number of rotatable bonds is 1. The number of hydrogen-bond donors (Lipinski definition) is 0. The molecule has 1 aliphatic carbocycles. The molecule has 1 spiro atoms. The van der Waals surface area contributed by atoms with Gasteiger partial charge >= 0.3 is 0 Å². The van der Waals surface area contributed by atoms with Crippen LogP contribution in [-0.4, -0.2) is 41.9 Å². The molecule has 1 amide bonds. The fourth-order valence-electron chi connectivity index (χ4n) is 4.02. The first-order valence-corrected chi connectivity index (χ1v) is 8.68. The predicted octanol–water partition coefficient (Wildman–Crippen LogP) is 2.92. The maximum absolute atomic E-state index is 13.0. The van der Waals surface area contributed by atoms with Crippen LogP contribution in [0.15, 0.2) is 22.7 Å². The molecular weight excluding hydrogens is 328 g/mol. The zero-order valence-corrected chi connectivity index (χ0v) is 14.0. The minimum Gasteiger partial charge on any atom is -0.335 e. The molecule has 0 unspecified atom stereocenters. The van der Waals surface area contributed by atoms with Crippen LogP contribution >= 0.6 is 15.9 Å². The minimum absolute atomic E-state index is 0.169. The number of amides is 1. The fraction of sp³-hybridized carbons (Fsp3) is 0.588. The van der Waals surface area contributed by atoms with E-state index in [1.54, 1.807) is 0 Å². The van der Waals surface area contributed by atoms with Crippen LogP contribution in [0.1, 0.15) is 36.8 Å². The van der Waals surface area contributed by atoms with E-state index in [1.165, 1.54) is 11.1 Å². The highest BCUT2D eigenvalue weighted by molar-refractivity contribution is 9.10. The van der Waals surface area contributed by atoms with E-state index in [0.29, 0.717) is 11.9 Å². The van der Waals surface area contributed by atoms with Gasteiger partial charge in [0.2, 0.25) is 5.91 Å². The highest BCUT2D eigenvalue weighted by Gasteiger charge is 2.57. The lowest BCUT2D eigenvalue weighted by Crippen LogP contribution is -2.52. The van der Waals surface area contributed by atoms with Crippen LogP contribution < -0.4 is 0 Å². The van der Waals surface area contributed by atoms with Gasteiger partial charge in [0.15, 0.2) is 0 Å². The van der Waals surface area contributed by atoms with Gasteiger partial charge in [-0.05, 0) is 69.1 Å². The summed E-state index contributed by atoms with van der Waals surface area (Å²) in [5, 5.41) is 0. The molecule has 2 aliphatic heterocycles. The normalized spacial score (nSPS) is 25.2. The topological polar surface area (TPSA) is 23.6 Å². The molecule has 1 saturated carbocycles. The Kier molecular flexibility index (Phi) is 3.16. The van der Waals surface area contributed by atoms with E-state index >= 15 is 0 Å². The summed E-state index contributed by atoms with van der Waals surface area (Å²) in [6.45, 7) is 3.00. The second kappa shape index (κ2) is 4.82. The van der Waals surface area contributed by atoms with Crippen molar-refractivity contribution in [1.82, 2.24) is 9.80 Å². The van der Waals surface area contributed by atoms with Gasteiger partial charge in [-0.2, -0.15) is 0 Å². The first kappa shape index (κ1) is 13.8. The van der Waals surface area contributed by atoms with Crippen molar-refractivity contribution >= 4 is 21.8 Å². The maximum atomic E-state index is 13.0. The van der Waals surface area contributed by atoms with E-state index in [-0.39, 0.29) is 5.41 Å². The van der Waals surface area contributed by atoms with Crippen molar-refractivity contribution in [3.05, 3.63) is 33.8 Å². The van der Waals surface area contributed by atoms with E-state index in [0.717, 1.165) is 49.8 Å². The predicted molar refractivity (Wildman–Crippen MR) is 86.1 cm³/mol. The third-order valence-corrected chi connectivity index (χ3v) is 5.97. The molecule has 0 bridgehead atoms. The van der Waals surface area contributed by atoms with Gasteiger partial charge in [0.25, 0.3) is 0 Å². The summed E-state index contributed by atoms with van der Waals surface area (Å²) < 4.78 is 1.12. The van der Waals surface area contributed by atoms with Crippen molar-refractivity contribution in [2.24, 2.45) is 0 Å². The summed E-state index contributed by atoms with van der Waals surface area (Å²) in [6, 6.07) is 6.88. The number of carbonyl (C=O) groups is 1. The molecule has 2 heterocycles. The average molecular weight is 349 g/mol. The molecule has 3 aliphatic rings. The first-order chi connectivity index (χ1) is 10.1. The average Bonchev–Trinajstić information content (AvgIpc) is 3.25. The Hall–Kier alpha value is -0.870. The smallest absolute Gasteiger partial charge is 0.233 e. The zero-order valence-electron chi connectivity index (χ0n) is 12.4. The summed E-state index contributed by atoms with van der Waals surface area (Å²) in [5.74, 6) is 0.395. The van der Waals surface area contributed by atoms with Crippen LogP contribution in [0.4, 0.5) is 0 Å². The Bertz CT molecular complexity index is 588.